The molecule has 11 nitrogen and oxygen atoms in total. The topological polar surface area (TPSA) is 110 Å². The molecule has 278 valence electrons. The normalized spacial score (nSPS) is 19.2. The van der Waals surface area contributed by atoms with Crippen LogP contribution in [0.3, 0.4) is 0 Å². The molecule has 4 aromatic rings. The number of hydrogen-bond acceptors (Lipinski definition) is 10. The Morgan fingerprint density at radius 1 is 1.15 bits per heavy atom. The van der Waals surface area contributed by atoms with E-state index in [2.05, 4.69) is 14.9 Å². The molecule has 52 heavy (non-hydrogen) atoms. The number of carbonyl (C=O) groups excluding carboxylic acids is 2. The van der Waals surface area contributed by atoms with Gasteiger partial charge in [-0.25, -0.2) is 13.2 Å². The van der Waals surface area contributed by atoms with Crippen molar-refractivity contribution >= 4 is 39.3 Å². The molecular formula is C38H45F3N6O5. The van der Waals surface area contributed by atoms with Gasteiger partial charge in [0.1, 0.15) is 41.4 Å². The van der Waals surface area contributed by atoms with Crippen molar-refractivity contribution in [2.45, 2.75) is 64.6 Å². The Hall–Kier alpha value is -4.56. The molecule has 4 heterocycles. The highest BCUT2D eigenvalue weighted by atomic mass is 19.1. The number of amides is 2. The molecular weight excluding hydrogens is 677 g/mol. The third kappa shape index (κ3) is 7.23. The molecule has 0 spiro atoms. The van der Waals surface area contributed by atoms with E-state index in [0.717, 1.165) is 24.3 Å². The van der Waals surface area contributed by atoms with Crippen molar-refractivity contribution in [3.8, 4) is 23.0 Å². The maximum absolute atomic E-state index is 17.1. The van der Waals surface area contributed by atoms with Crippen LogP contribution in [-0.4, -0.2) is 103 Å². The summed E-state index contributed by atoms with van der Waals surface area (Å²) in [7, 11) is 4.69. The molecule has 0 bridgehead atoms. The SMILES string of the molecule is CCc1c(F)ccc2cc(OCOC)cc(-c3ncc4c(N(C)CC(C)CC(=O)N(C)C(C)=O)nc(OC[C@@]56CCCN5C[C@H](F)C6)nc4c3F)c12. The summed E-state index contributed by atoms with van der Waals surface area (Å²) in [6.07, 6.45) is 2.98. The quantitative estimate of drug-likeness (QED) is 0.151. The van der Waals surface area contributed by atoms with E-state index < -0.39 is 23.3 Å². The van der Waals surface area contributed by atoms with Crippen molar-refractivity contribution in [3.05, 3.63) is 47.7 Å². The summed E-state index contributed by atoms with van der Waals surface area (Å²) in [5.74, 6) is -1.39. The van der Waals surface area contributed by atoms with E-state index in [0.29, 0.717) is 64.8 Å². The predicted octanol–water partition coefficient (Wildman–Crippen LogP) is 6.09. The number of fused-ring (bicyclic) bond motifs is 3. The molecule has 0 radical (unpaired) electrons. The second-order valence-electron chi connectivity index (χ2n) is 14.0. The molecule has 0 N–H and O–H groups in total. The number of alkyl halides is 1. The molecule has 2 aliphatic rings. The fraction of sp³-hybridized carbons (Fsp3) is 0.500. The average Bonchev–Trinajstić information content (AvgIpc) is 3.64. The minimum atomic E-state index is -0.961. The molecule has 3 atom stereocenters. The van der Waals surface area contributed by atoms with Gasteiger partial charge in [0.15, 0.2) is 12.6 Å². The molecule has 0 saturated carbocycles. The highest BCUT2D eigenvalue weighted by molar-refractivity contribution is 6.02. The van der Waals surface area contributed by atoms with Crippen LogP contribution in [0.4, 0.5) is 19.0 Å². The average molecular weight is 723 g/mol. The molecule has 2 aromatic carbocycles. The summed E-state index contributed by atoms with van der Waals surface area (Å²) in [5, 5.41) is 1.42. The number of pyridine rings is 1. The van der Waals surface area contributed by atoms with Crippen LogP contribution in [0.25, 0.3) is 32.9 Å². The van der Waals surface area contributed by atoms with Gasteiger partial charge in [-0.15, -0.1) is 0 Å². The number of aromatic nitrogens is 3. The summed E-state index contributed by atoms with van der Waals surface area (Å²) in [4.78, 5) is 43.2. The Morgan fingerprint density at radius 3 is 2.67 bits per heavy atom. The van der Waals surface area contributed by atoms with E-state index in [9.17, 15) is 14.0 Å². The Kier molecular flexibility index (Phi) is 10.9. The largest absolute Gasteiger partial charge is 0.468 e. The van der Waals surface area contributed by atoms with Crippen molar-refractivity contribution in [1.29, 1.82) is 0 Å². The Morgan fingerprint density at radius 2 is 1.94 bits per heavy atom. The zero-order chi connectivity index (χ0) is 37.3. The van der Waals surface area contributed by atoms with E-state index in [1.807, 2.05) is 13.8 Å². The number of anilines is 1. The number of nitrogens with zero attached hydrogens (tertiary/aromatic N) is 6. The standard InChI is InChI=1S/C38H45F3N6O5/c1-7-27-30(40)10-9-24-14-26(52-21-50-6)15-28(32(24)27)34-33(41)35-29(17-42-34)36(45(4)18-22(2)13-31(49)46(5)23(3)48)44-37(43-35)51-20-38-11-8-12-47(38)19-25(39)16-38/h9-10,14-15,17,22,25H,7-8,11-13,16,18-21H2,1-6H3/t22?,25-,38+/m1/s1. The van der Waals surface area contributed by atoms with Crippen molar-refractivity contribution in [2.24, 2.45) is 5.92 Å². The number of methoxy groups -OCH3 is 1. The van der Waals surface area contributed by atoms with Crippen LogP contribution in [0, 0.1) is 17.6 Å². The van der Waals surface area contributed by atoms with Crippen LogP contribution < -0.4 is 14.4 Å². The summed E-state index contributed by atoms with van der Waals surface area (Å²) in [5.41, 5.74) is 0.0877. The van der Waals surface area contributed by atoms with Crippen LogP contribution in [0.15, 0.2) is 30.5 Å². The van der Waals surface area contributed by atoms with Gasteiger partial charge < -0.3 is 19.1 Å². The fourth-order valence-electron chi connectivity index (χ4n) is 7.67. The first-order valence-electron chi connectivity index (χ1n) is 17.6. The maximum Gasteiger partial charge on any atom is 0.319 e. The third-order valence-corrected chi connectivity index (χ3v) is 10.3. The van der Waals surface area contributed by atoms with Crippen molar-refractivity contribution in [3.63, 3.8) is 0 Å². The lowest BCUT2D eigenvalue weighted by Gasteiger charge is -2.31. The highest BCUT2D eigenvalue weighted by Crippen LogP contribution is 2.42. The van der Waals surface area contributed by atoms with Crippen LogP contribution in [0.2, 0.25) is 0 Å². The number of imide groups is 1. The molecule has 2 aliphatic heterocycles. The number of carbonyl (C=O) groups is 2. The molecule has 14 heteroatoms. The summed E-state index contributed by atoms with van der Waals surface area (Å²) in [6.45, 7) is 6.54. The number of aryl methyl sites for hydroxylation is 1. The van der Waals surface area contributed by atoms with Gasteiger partial charge in [0.25, 0.3) is 0 Å². The van der Waals surface area contributed by atoms with E-state index in [1.54, 1.807) is 30.1 Å². The van der Waals surface area contributed by atoms with Crippen LogP contribution in [-0.2, 0) is 20.7 Å². The zero-order valence-corrected chi connectivity index (χ0v) is 30.5. The van der Waals surface area contributed by atoms with Gasteiger partial charge in [0, 0.05) is 65.8 Å². The van der Waals surface area contributed by atoms with Crippen molar-refractivity contribution in [2.75, 3.05) is 59.1 Å². The minimum absolute atomic E-state index is 0.0544. The second-order valence-corrected chi connectivity index (χ2v) is 14.0. The lowest BCUT2D eigenvalue weighted by Crippen LogP contribution is -2.43. The first-order valence-corrected chi connectivity index (χ1v) is 17.6. The maximum atomic E-state index is 17.1. The molecule has 2 fully saturated rings. The Bertz CT molecular complexity index is 2000. The first kappa shape index (κ1) is 37.2. The van der Waals surface area contributed by atoms with Crippen LogP contribution in [0.1, 0.15) is 52.0 Å². The van der Waals surface area contributed by atoms with Crippen LogP contribution in [0.5, 0.6) is 11.8 Å². The van der Waals surface area contributed by atoms with Crippen LogP contribution >= 0.6 is 0 Å². The molecule has 6 rings (SSSR count). The monoisotopic (exact) mass is 722 g/mol. The van der Waals surface area contributed by atoms with Gasteiger partial charge in [-0.2, -0.15) is 9.97 Å². The summed E-state index contributed by atoms with van der Waals surface area (Å²) >= 11 is 0. The summed E-state index contributed by atoms with van der Waals surface area (Å²) in [6, 6.07) is 6.26. The Labute approximate surface area is 301 Å². The fourth-order valence-corrected chi connectivity index (χ4v) is 7.67. The molecule has 2 saturated heterocycles. The predicted molar refractivity (Wildman–Crippen MR) is 191 cm³/mol. The van der Waals surface area contributed by atoms with Crippen molar-refractivity contribution in [1.82, 2.24) is 24.8 Å². The van der Waals surface area contributed by atoms with Crippen molar-refractivity contribution < 1.29 is 37.0 Å². The highest BCUT2D eigenvalue weighted by Gasteiger charge is 2.49. The van der Waals surface area contributed by atoms with E-state index >= 15 is 8.78 Å². The number of rotatable bonds is 13. The van der Waals surface area contributed by atoms with Gasteiger partial charge in [-0.1, -0.05) is 19.9 Å². The second kappa shape index (κ2) is 15.2. The van der Waals surface area contributed by atoms with Gasteiger partial charge in [0.2, 0.25) is 11.8 Å². The lowest BCUT2D eigenvalue weighted by atomic mass is 9.94. The van der Waals surface area contributed by atoms with E-state index in [-0.39, 0.29) is 54.8 Å². The number of halogens is 3. The summed E-state index contributed by atoms with van der Waals surface area (Å²) < 4.78 is 63.9. The molecule has 1 unspecified atom stereocenters. The smallest absolute Gasteiger partial charge is 0.319 e. The molecule has 2 amide bonds. The van der Waals surface area contributed by atoms with Gasteiger partial charge in [-0.3, -0.25) is 24.4 Å². The third-order valence-electron chi connectivity index (χ3n) is 10.3. The first-order chi connectivity index (χ1) is 24.8. The van der Waals surface area contributed by atoms with Gasteiger partial charge in [0.05, 0.1) is 10.9 Å². The van der Waals surface area contributed by atoms with Gasteiger partial charge >= 0.3 is 6.01 Å². The zero-order valence-electron chi connectivity index (χ0n) is 30.5. The van der Waals surface area contributed by atoms with E-state index in [4.69, 9.17) is 19.2 Å². The molecule has 0 aliphatic carbocycles. The van der Waals surface area contributed by atoms with E-state index in [1.165, 1.54) is 33.3 Å². The molecule has 2 aromatic heterocycles. The lowest BCUT2D eigenvalue weighted by molar-refractivity contribution is -0.142. The minimum Gasteiger partial charge on any atom is -0.468 e. The van der Waals surface area contributed by atoms with Gasteiger partial charge in [-0.05, 0) is 66.3 Å². The Balaban J connectivity index is 1.46. The number of hydrogen-bond donors (Lipinski definition) is 0. The number of benzene rings is 2. The number of ether oxygens (including phenoxy) is 3.